The third-order valence-electron chi connectivity index (χ3n) is 3.66. The molecule has 3 rings (SSSR count). The predicted octanol–water partition coefficient (Wildman–Crippen LogP) is 2.37. The molecule has 0 heterocycles. The molecule has 1 saturated carbocycles. The summed E-state index contributed by atoms with van der Waals surface area (Å²) < 4.78 is 5.15. The summed E-state index contributed by atoms with van der Waals surface area (Å²) in [5, 5.41) is 14.4. The number of phenols is 1. The second-order valence-corrected chi connectivity index (χ2v) is 5.55. The minimum Gasteiger partial charge on any atom is -0.507 e. The number of carbonyl (C=O) groups is 2. The van der Waals surface area contributed by atoms with Crippen molar-refractivity contribution in [1.29, 1.82) is 0 Å². The van der Waals surface area contributed by atoms with Crippen molar-refractivity contribution in [3.05, 3.63) is 42.0 Å². The number of fused-ring (bicyclic) bond motifs is 1. The number of ether oxygens (including phenoxy) is 1. The number of amides is 1. The summed E-state index contributed by atoms with van der Waals surface area (Å²) in [4.78, 5) is 24.0. The highest BCUT2D eigenvalue weighted by Crippen LogP contribution is 2.26. The van der Waals surface area contributed by atoms with E-state index in [0.717, 1.165) is 23.6 Å². The van der Waals surface area contributed by atoms with E-state index in [1.54, 1.807) is 6.07 Å². The van der Waals surface area contributed by atoms with Crippen LogP contribution in [0.25, 0.3) is 10.8 Å². The average Bonchev–Trinajstić information content (AvgIpc) is 3.30. The number of rotatable bonds is 4. The number of carbonyl (C=O) groups excluding carboxylic acids is 2. The van der Waals surface area contributed by atoms with Gasteiger partial charge in [0.1, 0.15) is 11.3 Å². The van der Waals surface area contributed by atoms with Gasteiger partial charge in [-0.1, -0.05) is 24.3 Å². The zero-order valence-electron chi connectivity index (χ0n) is 12.2. The van der Waals surface area contributed by atoms with Crippen LogP contribution in [0.3, 0.4) is 0 Å². The summed E-state index contributed by atoms with van der Waals surface area (Å²) in [5.74, 6) is -1.17. The second-order valence-electron chi connectivity index (χ2n) is 5.55. The molecule has 22 heavy (non-hydrogen) atoms. The van der Waals surface area contributed by atoms with Crippen LogP contribution in [0.2, 0.25) is 0 Å². The number of hydrogen-bond donors (Lipinski definition) is 2. The largest absolute Gasteiger partial charge is 0.507 e. The minimum absolute atomic E-state index is 0.0600. The molecular weight excluding hydrogens is 282 g/mol. The first-order valence-electron chi connectivity index (χ1n) is 7.27. The first-order valence-corrected chi connectivity index (χ1v) is 7.27. The molecular formula is C17H17NO4. The zero-order chi connectivity index (χ0) is 15.7. The fraction of sp³-hybridized carbons (Fsp3) is 0.294. The Morgan fingerprint density at radius 1 is 1.23 bits per heavy atom. The van der Waals surface area contributed by atoms with E-state index in [2.05, 4.69) is 5.32 Å². The van der Waals surface area contributed by atoms with E-state index in [4.69, 9.17) is 4.74 Å². The Bertz CT molecular complexity index is 737. The third kappa shape index (κ3) is 3.03. The van der Waals surface area contributed by atoms with E-state index in [0.29, 0.717) is 0 Å². The van der Waals surface area contributed by atoms with Crippen molar-refractivity contribution in [2.45, 2.75) is 31.9 Å². The van der Waals surface area contributed by atoms with Gasteiger partial charge in [0.15, 0.2) is 6.10 Å². The number of phenolic OH excluding ortho intramolecular Hbond substituents is 1. The van der Waals surface area contributed by atoms with E-state index in [1.807, 2.05) is 24.3 Å². The van der Waals surface area contributed by atoms with Crippen LogP contribution in [-0.4, -0.2) is 29.1 Å². The SMILES string of the molecule is C[C@@H](OC(=O)c1cc2ccccc2cc1O)C(=O)NC1CC1. The highest BCUT2D eigenvalue weighted by molar-refractivity contribution is 5.99. The lowest BCUT2D eigenvalue weighted by Crippen LogP contribution is -2.37. The maximum Gasteiger partial charge on any atom is 0.342 e. The molecule has 0 saturated heterocycles. The molecule has 0 radical (unpaired) electrons. The Morgan fingerprint density at radius 3 is 2.50 bits per heavy atom. The van der Waals surface area contributed by atoms with Gasteiger partial charge in [-0.15, -0.1) is 0 Å². The Hall–Kier alpha value is -2.56. The standard InChI is InChI=1S/C17H17NO4/c1-10(16(20)18-13-6-7-13)22-17(21)14-8-11-4-2-3-5-12(11)9-15(14)19/h2-5,8-10,13,19H,6-7H2,1H3,(H,18,20)/t10-/m1/s1. The summed E-state index contributed by atoms with van der Waals surface area (Å²) in [6.45, 7) is 1.52. The maximum atomic E-state index is 12.2. The van der Waals surface area contributed by atoms with Crippen LogP contribution in [-0.2, 0) is 9.53 Å². The molecule has 2 N–H and O–H groups in total. The molecule has 1 aliphatic rings. The summed E-state index contributed by atoms with van der Waals surface area (Å²) in [7, 11) is 0. The maximum absolute atomic E-state index is 12.2. The fourth-order valence-corrected chi connectivity index (χ4v) is 2.22. The van der Waals surface area contributed by atoms with Crippen molar-refractivity contribution in [3.8, 4) is 5.75 Å². The van der Waals surface area contributed by atoms with Gasteiger partial charge in [0.2, 0.25) is 0 Å². The van der Waals surface area contributed by atoms with Crippen molar-refractivity contribution in [1.82, 2.24) is 5.32 Å². The first kappa shape index (κ1) is 14.4. The van der Waals surface area contributed by atoms with Crippen LogP contribution in [0.15, 0.2) is 36.4 Å². The molecule has 1 atom stereocenters. The fourth-order valence-electron chi connectivity index (χ4n) is 2.22. The molecule has 0 aliphatic heterocycles. The molecule has 5 nitrogen and oxygen atoms in total. The van der Waals surface area contributed by atoms with Crippen LogP contribution in [0.5, 0.6) is 5.75 Å². The number of aromatic hydroxyl groups is 1. The van der Waals surface area contributed by atoms with Crippen LogP contribution < -0.4 is 5.32 Å². The van der Waals surface area contributed by atoms with Gasteiger partial charge in [-0.25, -0.2) is 4.79 Å². The van der Waals surface area contributed by atoms with Gasteiger partial charge in [-0.2, -0.15) is 0 Å². The molecule has 1 amide bonds. The number of nitrogens with one attached hydrogen (secondary N) is 1. The predicted molar refractivity (Wildman–Crippen MR) is 81.7 cm³/mol. The molecule has 1 aliphatic carbocycles. The number of hydrogen-bond acceptors (Lipinski definition) is 4. The summed E-state index contributed by atoms with van der Waals surface area (Å²) in [5.41, 5.74) is 0.0600. The molecule has 2 aromatic rings. The van der Waals surface area contributed by atoms with E-state index < -0.39 is 12.1 Å². The highest BCUT2D eigenvalue weighted by atomic mass is 16.5. The lowest BCUT2D eigenvalue weighted by atomic mass is 10.1. The Kier molecular flexibility index (Phi) is 3.71. The normalized spacial score (nSPS) is 15.3. The van der Waals surface area contributed by atoms with Gasteiger partial charge in [0.25, 0.3) is 5.91 Å². The molecule has 0 spiro atoms. The van der Waals surface area contributed by atoms with Gasteiger partial charge < -0.3 is 15.2 Å². The molecule has 1 fully saturated rings. The third-order valence-corrected chi connectivity index (χ3v) is 3.66. The summed E-state index contributed by atoms with van der Waals surface area (Å²) in [6, 6.07) is 10.7. The minimum atomic E-state index is -0.890. The molecule has 2 aromatic carbocycles. The topological polar surface area (TPSA) is 75.6 Å². The quantitative estimate of drug-likeness (QED) is 0.850. The summed E-state index contributed by atoms with van der Waals surface area (Å²) >= 11 is 0. The van der Waals surface area contributed by atoms with E-state index in [9.17, 15) is 14.7 Å². The van der Waals surface area contributed by atoms with E-state index in [-0.39, 0.29) is 23.3 Å². The second kappa shape index (κ2) is 5.67. The monoisotopic (exact) mass is 299 g/mol. The van der Waals surface area contributed by atoms with Crippen LogP contribution in [0, 0.1) is 0 Å². The van der Waals surface area contributed by atoms with Gasteiger partial charge in [-0.05, 0) is 42.7 Å². The van der Waals surface area contributed by atoms with Crippen molar-refractivity contribution in [2.24, 2.45) is 0 Å². The smallest absolute Gasteiger partial charge is 0.342 e. The van der Waals surface area contributed by atoms with Gasteiger partial charge in [-0.3, -0.25) is 4.79 Å². The molecule has 5 heteroatoms. The van der Waals surface area contributed by atoms with Crippen molar-refractivity contribution in [3.63, 3.8) is 0 Å². The molecule has 0 aromatic heterocycles. The van der Waals surface area contributed by atoms with E-state index >= 15 is 0 Å². The Labute approximate surface area is 127 Å². The van der Waals surface area contributed by atoms with Crippen molar-refractivity contribution < 1.29 is 19.4 Å². The number of esters is 1. The zero-order valence-corrected chi connectivity index (χ0v) is 12.2. The van der Waals surface area contributed by atoms with Crippen LogP contribution in [0.1, 0.15) is 30.1 Å². The van der Waals surface area contributed by atoms with E-state index in [1.165, 1.54) is 13.0 Å². The summed E-state index contributed by atoms with van der Waals surface area (Å²) in [6.07, 6.45) is 1.05. The Morgan fingerprint density at radius 2 is 1.86 bits per heavy atom. The lowest BCUT2D eigenvalue weighted by Gasteiger charge is -2.14. The molecule has 0 unspecified atom stereocenters. The van der Waals surface area contributed by atoms with Crippen LogP contribution in [0.4, 0.5) is 0 Å². The first-order chi connectivity index (χ1) is 10.5. The average molecular weight is 299 g/mol. The van der Waals surface area contributed by atoms with Gasteiger partial charge in [0.05, 0.1) is 0 Å². The lowest BCUT2D eigenvalue weighted by molar-refractivity contribution is -0.129. The van der Waals surface area contributed by atoms with Crippen LogP contribution >= 0.6 is 0 Å². The molecule has 0 bridgehead atoms. The van der Waals surface area contributed by atoms with Crippen molar-refractivity contribution in [2.75, 3.05) is 0 Å². The number of benzene rings is 2. The van der Waals surface area contributed by atoms with Gasteiger partial charge >= 0.3 is 5.97 Å². The highest BCUT2D eigenvalue weighted by Gasteiger charge is 2.27. The Balaban J connectivity index is 1.76. The molecule has 114 valence electrons. The van der Waals surface area contributed by atoms with Crippen molar-refractivity contribution >= 4 is 22.6 Å². The van der Waals surface area contributed by atoms with Gasteiger partial charge in [0, 0.05) is 6.04 Å².